The summed E-state index contributed by atoms with van der Waals surface area (Å²) < 4.78 is 2.37. The molecule has 1 aromatic heterocycles. The van der Waals surface area contributed by atoms with Crippen LogP contribution in [-0.2, 0) is 13.0 Å². The number of hydrogen-bond acceptors (Lipinski definition) is 1. The third-order valence-corrected chi connectivity index (χ3v) is 4.50. The molecule has 3 rings (SSSR count). The van der Waals surface area contributed by atoms with Gasteiger partial charge < -0.3 is 4.57 Å². The van der Waals surface area contributed by atoms with Crippen LogP contribution in [0.15, 0.2) is 47.3 Å². The van der Waals surface area contributed by atoms with Crippen molar-refractivity contribution < 1.29 is 0 Å². The normalized spacial score (nSPS) is 18.2. The predicted octanol–water partition coefficient (Wildman–Crippen LogP) is 4.31. The van der Waals surface area contributed by atoms with Crippen LogP contribution >= 0.6 is 0 Å². The van der Waals surface area contributed by atoms with Crippen molar-refractivity contribution in [3.63, 3.8) is 0 Å². The Labute approximate surface area is 126 Å². The Balaban J connectivity index is 1.86. The van der Waals surface area contributed by atoms with E-state index in [1.165, 1.54) is 25.0 Å². The minimum Gasteiger partial charge on any atom is -0.344 e. The van der Waals surface area contributed by atoms with Crippen molar-refractivity contribution in [2.45, 2.75) is 45.6 Å². The highest BCUT2D eigenvalue weighted by Crippen LogP contribution is 2.26. The monoisotopic (exact) mass is 281 g/mol. The Morgan fingerprint density at radius 2 is 2.14 bits per heavy atom. The molecule has 2 heteroatoms. The van der Waals surface area contributed by atoms with E-state index < -0.39 is 0 Å². The minimum absolute atomic E-state index is 0.168. The maximum atomic E-state index is 12.2. The van der Waals surface area contributed by atoms with Crippen LogP contribution in [0.5, 0.6) is 0 Å². The van der Waals surface area contributed by atoms with Gasteiger partial charge in [0.1, 0.15) is 0 Å². The number of aromatic nitrogens is 1. The van der Waals surface area contributed by atoms with Crippen LogP contribution in [0, 0.1) is 5.92 Å². The number of allylic oxidation sites excluding steroid dienone is 2. The van der Waals surface area contributed by atoms with Gasteiger partial charge in [-0.2, -0.15) is 0 Å². The lowest BCUT2D eigenvalue weighted by Gasteiger charge is -2.28. The molecule has 2 heterocycles. The summed E-state index contributed by atoms with van der Waals surface area (Å²) in [5, 5.41) is 0.854. The molecule has 2 aromatic rings. The van der Waals surface area contributed by atoms with Crippen LogP contribution in [-0.4, -0.2) is 4.57 Å². The molecule has 2 nitrogen and oxygen atoms in total. The van der Waals surface area contributed by atoms with Crippen molar-refractivity contribution in [2.24, 2.45) is 5.92 Å². The summed E-state index contributed by atoms with van der Waals surface area (Å²) in [4.78, 5) is 12.2. The summed E-state index contributed by atoms with van der Waals surface area (Å²) in [6.45, 7) is 3.23. The van der Waals surface area contributed by atoms with Gasteiger partial charge in [-0.3, -0.25) is 4.79 Å². The van der Waals surface area contributed by atoms with E-state index in [1.807, 2.05) is 24.3 Å². The molecule has 1 atom stereocenters. The molecule has 0 saturated carbocycles. The van der Waals surface area contributed by atoms with Crippen LogP contribution in [0.25, 0.3) is 10.9 Å². The lowest BCUT2D eigenvalue weighted by atomic mass is 9.92. The molecule has 0 radical (unpaired) electrons. The molecule has 21 heavy (non-hydrogen) atoms. The molecule has 0 N–H and O–H groups in total. The third kappa shape index (κ3) is 2.94. The fourth-order valence-corrected chi connectivity index (χ4v) is 3.36. The average Bonchev–Trinajstić information content (AvgIpc) is 2.52. The van der Waals surface area contributed by atoms with Gasteiger partial charge in [-0.15, -0.1) is 0 Å². The standard InChI is InChI=1S/C19H23NO/c1-2-3-4-5-8-15-11-12-16-13-19(21)17-9-6-7-10-18(17)20(16)14-15/h3-4,6-7,9-10,13,15H,2,5,8,11-12,14H2,1H3/t15-/m0/s1. The lowest BCUT2D eigenvalue weighted by molar-refractivity contribution is 0.354. The van der Waals surface area contributed by atoms with E-state index in [2.05, 4.69) is 29.7 Å². The van der Waals surface area contributed by atoms with Crippen molar-refractivity contribution in [3.8, 4) is 0 Å². The number of benzene rings is 1. The highest BCUT2D eigenvalue weighted by atomic mass is 16.1. The molecule has 0 fully saturated rings. The minimum atomic E-state index is 0.168. The van der Waals surface area contributed by atoms with Crippen LogP contribution in [0.3, 0.4) is 0 Å². The topological polar surface area (TPSA) is 22.0 Å². The molecule has 0 bridgehead atoms. The van der Waals surface area contributed by atoms with Gasteiger partial charge in [0.15, 0.2) is 5.43 Å². The smallest absolute Gasteiger partial charge is 0.189 e. The second kappa shape index (κ2) is 6.30. The SMILES string of the molecule is CCC=CCC[C@H]1CCc2cc(=O)c3ccccc3n2C1. The first-order valence-electron chi connectivity index (χ1n) is 8.06. The van der Waals surface area contributed by atoms with Gasteiger partial charge in [0.2, 0.25) is 0 Å². The molecule has 1 aromatic carbocycles. The first-order valence-corrected chi connectivity index (χ1v) is 8.06. The van der Waals surface area contributed by atoms with Gasteiger partial charge in [-0.1, -0.05) is 31.2 Å². The maximum absolute atomic E-state index is 12.2. The number of para-hydroxylation sites is 1. The Morgan fingerprint density at radius 3 is 3.00 bits per heavy atom. The number of fused-ring (bicyclic) bond motifs is 3. The van der Waals surface area contributed by atoms with Crippen LogP contribution < -0.4 is 5.43 Å². The van der Waals surface area contributed by atoms with Gasteiger partial charge >= 0.3 is 0 Å². The molecule has 1 aliphatic heterocycles. The molecule has 0 spiro atoms. The van der Waals surface area contributed by atoms with Crippen molar-refractivity contribution >= 4 is 10.9 Å². The Bertz CT molecular complexity index is 711. The molecular weight excluding hydrogens is 258 g/mol. The quantitative estimate of drug-likeness (QED) is 0.765. The molecule has 0 unspecified atom stereocenters. The number of aryl methyl sites for hydroxylation is 1. The zero-order chi connectivity index (χ0) is 14.7. The fraction of sp³-hybridized carbons (Fsp3) is 0.421. The van der Waals surface area contributed by atoms with Gasteiger partial charge in [0.05, 0.1) is 5.52 Å². The Morgan fingerprint density at radius 1 is 1.29 bits per heavy atom. The second-order valence-electron chi connectivity index (χ2n) is 5.99. The first kappa shape index (κ1) is 14.1. The molecular formula is C19H23NO. The molecule has 1 aliphatic rings. The van der Waals surface area contributed by atoms with Crippen LogP contribution in [0.1, 0.15) is 38.3 Å². The number of nitrogens with zero attached hydrogens (tertiary/aromatic N) is 1. The number of pyridine rings is 1. The summed E-state index contributed by atoms with van der Waals surface area (Å²) in [5.41, 5.74) is 2.48. The summed E-state index contributed by atoms with van der Waals surface area (Å²) in [5.74, 6) is 0.727. The van der Waals surface area contributed by atoms with E-state index >= 15 is 0 Å². The summed E-state index contributed by atoms with van der Waals surface area (Å²) in [6, 6.07) is 9.85. The molecule has 0 aliphatic carbocycles. The van der Waals surface area contributed by atoms with Gasteiger partial charge in [0, 0.05) is 23.7 Å². The predicted molar refractivity (Wildman–Crippen MR) is 88.7 cm³/mol. The van der Waals surface area contributed by atoms with Crippen LogP contribution in [0.4, 0.5) is 0 Å². The molecule has 110 valence electrons. The zero-order valence-electron chi connectivity index (χ0n) is 12.7. The first-order chi connectivity index (χ1) is 10.3. The highest BCUT2D eigenvalue weighted by Gasteiger charge is 2.19. The molecule has 0 amide bonds. The Hall–Kier alpha value is -1.83. The summed E-state index contributed by atoms with van der Waals surface area (Å²) in [6.07, 6.45) is 10.3. The van der Waals surface area contributed by atoms with E-state index in [1.54, 1.807) is 0 Å². The fourth-order valence-electron chi connectivity index (χ4n) is 3.36. The van der Waals surface area contributed by atoms with Gasteiger partial charge in [-0.25, -0.2) is 0 Å². The van der Waals surface area contributed by atoms with Crippen molar-refractivity contribution in [1.29, 1.82) is 0 Å². The Kier molecular flexibility index (Phi) is 4.23. The van der Waals surface area contributed by atoms with E-state index in [0.29, 0.717) is 0 Å². The summed E-state index contributed by atoms with van der Waals surface area (Å²) >= 11 is 0. The zero-order valence-corrected chi connectivity index (χ0v) is 12.7. The van der Waals surface area contributed by atoms with Crippen molar-refractivity contribution in [2.75, 3.05) is 0 Å². The van der Waals surface area contributed by atoms with Crippen molar-refractivity contribution in [1.82, 2.24) is 4.57 Å². The number of hydrogen-bond donors (Lipinski definition) is 0. The molecule has 0 saturated heterocycles. The highest BCUT2D eigenvalue weighted by molar-refractivity contribution is 5.79. The average molecular weight is 281 g/mol. The third-order valence-electron chi connectivity index (χ3n) is 4.50. The summed E-state index contributed by atoms with van der Waals surface area (Å²) in [7, 11) is 0. The van der Waals surface area contributed by atoms with E-state index in [4.69, 9.17) is 0 Å². The van der Waals surface area contributed by atoms with E-state index in [-0.39, 0.29) is 5.43 Å². The maximum Gasteiger partial charge on any atom is 0.189 e. The second-order valence-corrected chi connectivity index (χ2v) is 5.99. The van der Waals surface area contributed by atoms with Gasteiger partial charge in [-0.05, 0) is 50.2 Å². The van der Waals surface area contributed by atoms with Crippen molar-refractivity contribution in [3.05, 3.63) is 58.4 Å². The van der Waals surface area contributed by atoms with E-state index in [9.17, 15) is 4.79 Å². The van der Waals surface area contributed by atoms with Crippen LogP contribution in [0.2, 0.25) is 0 Å². The van der Waals surface area contributed by atoms with E-state index in [0.717, 1.165) is 36.2 Å². The lowest BCUT2D eigenvalue weighted by Crippen LogP contribution is -2.24. The largest absolute Gasteiger partial charge is 0.344 e. The van der Waals surface area contributed by atoms with Gasteiger partial charge in [0.25, 0.3) is 0 Å². The number of rotatable bonds is 4.